The normalized spacial score (nSPS) is 23.8. The molecule has 0 radical (unpaired) electrons. The van der Waals surface area contributed by atoms with Gasteiger partial charge in [-0.25, -0.2) is 8.42 Å². The summed E-state index contributed by atoms with van der Waals surface area (Å²) in [6.45, 7) is 0. The predicted molar refractivity (Wildman–Crippen MR) is 74.4 cm³/mol. The van der Waals surface area contributed by atoms with Crippen LogP contribution in [-0.2, 0) is 9.84 Å². The molecule has 1 aromatic carbocycles. The summed E-state index contributed by atoms with van der Waals surface area (Å²) < 4.78 is 29.0. The topological polar surface area (TPSA) is 63.6 Å². The van der Waals surface area contributed by atoms with E-state index >= 15 is 0 Å². The van der Waals surface area contributed by atoms with Crippen molar-refractivity contribution in [2.75, 3.05) is 12.9 Å². The van der Waals surface area contributed by atoms with Gasteiger partial charge in [0, 0.05) is 5.56 Å². The Morgan fingerprint density at radius 3 is 2.74 bits per heavy atom. The molecule has 6 heteroatoms. The molecule has 1 aliphatic heterocycles. The Morgan fingerprint density at radius 1 is 1.42 bits per heavy atom. The van der Waals surface area contributed by atoms with E-state index in [-0.39, 0.29) is 5.75 Å². The lowest BCUT2D eigenvalue weighted by molar-refractivity contribution is 0.164. The first-order valence-electron chi connectivity index (χ1n) is 6.19. The molecule has 2 atom stereocenters. The van der Waals surface area contributed by atoms with Crippen LogP contribution in [0.25, 0.3) is 0 Å². The fourth-order valence-electron chi connectivity index (χ4n) is 2.41. The second kappa shape index (κ2) is 5.69. The van der Waals surface area contributed by atoms with E-state index in [1.54, 1.807) is 18.2 Å². The van der Waals surface area contributed by atoms with Crippen LogP contribution in [0.1, 0.15) is 30.9 Å². The molecule has 106 valence electrons. The number of hydrogen-bond acceptors (Lipinski definition) is 4. The predicted octanol–water partition coefficient (Wildman–Crippen LogP) is 2.35. The van der Waals surface area contributed by atoms with Crippen LogP contribution >= 0.6 is 11.6 Å². The smallest absolute Gasteiger partial charge is 0.156 e. The molecule has 19 heavy (non-hydrogen) atoms. The van der Waals surface area contributed by atoms with Gasteiger partial charge in [0.05, 0.1) is 29.2 Å². The van der Waals surface area contributed by atoms with Crippen LogP contribution < -0.4 is 4.74 Å². The standard InChI is InChI=1S/C13H17ClO4S/c1-18-9-5-6-10(11(14)8-9)13(15)12-4-2-3-7-19(12,16)17/h5-6,8,12-13,15H,2-4,7H2,1H3. The molecule has 0 amide bonds. The highest BCUT2D eigenvalue weighted by molar-refractivity contribution is 7.92. The van der Waals surface area contributed by atoms with Gasteiger partial charge in [0.25, 0.3) is 0 Å². The largest absolute Gasteiger partial charge is 0.497 e. The zero-order valence-corrected chi connectivity index (χ0v) is 12.2. The van der Waals surface area contributed by atoms with Gasteiger partial charge in [-0.2, -0.15) is 0 Å². The Kier molecular flexibility index (Phi) is 4.38. The molecule has 1 aliphatic rings. The van der Waals surface area contributed by atoms with E-state index in [9.17, 15) is 13.5 Å². The molecule has 0 aliphatic carbocycles. The summed E-state index contributed by atoms with van der Waals surface area (Å²) in [7, 11) is -1.72. The highest BCUT2D eigenvalue weighted by Gasteiger charge is 2.36. The van der Waals surface area contributed by atoms with Gasteiger partial charge in [-0.3, -0.25) is 0 Å². The average Bonchev–Trinajstić information content (AvgIpc) is 2.37. The Hall–Kier alpha value is -0.780. The summed E-state index contributed by atoms with van der Waals surface area (Å²) in [5.41, 5.74) is 0.443. The number of rotatable bonds is 3. The molecule has 1 N–H and O–H groups in total. The minimum absolute atomic E-state index is 0.141. The van der Waals surface area contributed by atoms with Crippen LogP contribution in [0, 0.1) is 0 Å². The van der Waals surface area contributed by atoms with Crippen LogP contribution in [0.3, 0.4) is 0 Å². The van der Waals surface area contributed by atoms with Gasteiger partial charge in [0.15, 0.2) is 9.84 Å². The third-order valence-corrected chi connectivity index (χ3v) is 6.11. The first-order chi connectivity index (χ1) is 8.95. The highest BCUT2D eigenvalue weighted by Crippen LogP contribution is 2.35. The van der Waals surface area contributed by atoms with Crippen LogP contribution in [0.15, 0.2) is 18.2 Å². The van der Waals surface area contributed by atoms with E-state index in [2.05, 4.69) is 0 Å². The lowest BCUT2D eigenvalue weighted by Crippen LogP contribution is -2.33. The SMILES string of the molecule is COc1ccc(C(O)C2CCCCS2(=O)=O)c(Cl)c1. The Balaban J connectivity index is 2.31. The lowest BCUT2D eigenvalue weighted by atomic mass is 10.0. The van der Waals surface area contributed by atoms with Crippen LogP contribution in [0.5, 0.6) is 5.75 Å². The fraction of sp³-hybridized carbons (Fsp3) is 0.538. The molecule has 4 nitrogen and oxygen atoms in total. The number of halogens is 1. The Bertz CT molecular complexity index is 556. The average molecular weight is 305 g/mol. The zero-order valence-electron chi connectivity index (χ0n) is 10.7. The van der Waals surface area contributed by atoms with Gasteiger partial charge in [-0.1, -0.05) is 24.1 Å². The first kappa shape index (κ1) is 14.6. The van der Waals surface area contributed by atoms with Crippen LogP contribution in [0.4, 0.5) is 0 Å². The zero-order chi connectivity index (χ0) is 14.0. The van der Waals surface area contributed by atoms with E-state index in [0.29, 0.717) is 29.2 Å². The fourth-order valence-corrected chi connectivity index (χ4v) is 4.67. The van der Waals surface area contributed by atoms with Crippen molar-refractivity contribution >= 4 is 21.4 Å². The summed E-state index contributed by atoms with van der Waals surface area (Å²) in [4.78, 5) is 0. The maximum atomic E-state index is 12.0. The maximum absolute atomic E-state index is 12.0. The van der Waals surface area contributed by atoms with Crippen molar-refractivity contribution < 1.29 is 18.3 Å². The van der Waals surface area contributed by atoms with Gasteiger partial charge < -0.3 is 9.84 Å². The van der Waals surface area contributed by atoms with Gasteiger partial charge in [0.2, 0.25) is 0 Å². The van der Waals surface area contributed by atoms with Crippen LogP contribution in [0.2, 0.25) is 5.02 Å². The minimum Gasteiger partial charge on any atom is -0.497 e. The third-order valence-electron chi connectivity index (χ3n) is 3.51. The number of aliphatic hydroxyl groups is 1. The first-order valence-corrected chi connectivity index (χ1v) is 8.28. The van der Waals surface area contributed by atoms with Crippen molar-refractivity contribution in [3.8, 4) is 5.75 Å². The maximum Gasteiger partial charge on any atom is 0.156 e. The molecule has 0 aromatic heterocycles. The quantitative estimate of drug-likeness (QED) is 0.931. The van der Waals surface area contributed by atoms with Gasteiger partial charge in [-0.15, -0.1) is 0 Å². The van der Waals surface area contributed by atoms with E-state index in [1.165, 1.54) is 7.11 Å². The molecular formula is C13H17ClO4S. The molecule has 0 bridgehead atoms. The molecule has 1 saturated heterocycles. The summed E-state index contributed by atoms with van der Waals surface area (Å²) >= 11 is 6.08. The minimum atomic E-state index is -3.24. The summed E-state index contributed by atoms with van der Waals surface area (Å²) in [6, 6.07) is 4.87. The van der Waals surface area contributed by atoms with Crippen LogP contribution in [-0.4, -0.2) is 31.6 Å². The molecule has 0 spiro atoms. The summed E-state index contributed by atoms with van der Waals surface area (Å²) in [6.07, 6.45) is 0.881. The molecule has 1 heterocycles. The van der Waals surface area contributed by atoms with Gasteiger partial charge in [0.1, 0.15) is 5.75 Å². The monoisotopic (exact) mass is 304 g/mol. The number of sulfone groups is 1. The second-order valence-corrected chi connectivity index (χ2v) is 7.48. The Morgan fingerprint density at radius 2 is 2.16 bits per heavy atom. The second-order valence-electron chi connectivity index (χ2n) is 4.73. The van der Waals surface area contributed by atoms with E-state index in [1.807, 2.05) is 0 Å². The third kappa shape index (κ3) is 3.04. The van der Waals surface area contributed by atoms with Gasteiger partial charge >= 0.3 is 0 Å². The van der Waals surface area contributed by atoms with E-state index in [4.69, 9.17) is 16.3 Å². The lowest BCUT2D eigenvalue weighted by Gasteiger charge is -2.27. The molecule has 1 fully saturated rings. The molecule has 1 aromatic rings. The number of ether oxygens (including phenoxy) is 1. The number of methoxy groups -OCH3 is 1. The van der Waals surface area contributed by atoms with Gasteiger partial charge in [-0.05, 0) is 25.0 Å². The molecule has 0 saturated carbocycles. The van der Waals surface area contributed by atoms with Crippen molar-refractivity contribution in [2.24, 2.45) is 0 Å². The summed E-state index contributed by atoms with van der Waals surface area (Å²) in [5.74, 6) is 0.718. The van der Waals surface area contributed by atoms with Crippen molar-refractivity contribution in [1.29, 1.82) is 0 Å². The van der Waals surface area contributed by atoms with E-state index < -0.39 is 21.2 Å². The van der Waals surface area contributed by atoms with Crippen molar-refractivity contribution in [3.05, 3.63) is 28.8 Å². The van der Waals surface area contributed by atoms with Crippen molar-refractivity contribution in [3.63, 3.8) is 0 Å². The number of benzene rings is 1. The van der Waals surface area contributed by atoms with Crippen molar-refractivity contribution in [1.82, 2.24) is 0 Å². The summed E-state index contributed by atoms with van der Waals surface area (Å²) in [5, 5.41) is 9.89. The van der Waals surface area contributed by atoms with E-state index in [0.717, 1.165) is 6.42 Å². The molecule has 2 rings (SSSR count). The Labute approximate surface area is 118 Å². The number of aliphatic hydroxyl groups excluding tert-OH is 1. The molecular weight excluding hydrogens is 288 g/mol. The molecule has 2 unspecified atom stereocenters. The van der Waals surface area contributed by atoms with Crippen molar-refractivity contribution in [2.45, 2.75) is 30.6 Å². The number of hydrogen-bond donors (Lipinski definition) is 1. The highest BCUT2D eigenvalue weighted by atomic mass is 35.5.